The van der Waals surface area contributed by atoms with Crippen LogP contribution in [0.15, 0.2) is 30.5 Å². The van der Waals surface area contributed by atoms with E-state index in [9.17, 15) is 4.79 Å². The molecule has 0 unspecified atom stereocenters. The monoisotopic (exact) mass is 244 g/mol. The molecule has 0 aliphatic heterocycles. The third-order valence-corrected chi connectivity index (χ3v) is 2.97. The smallest absolute Gasteiger partial charge is 0.303 e. The van der Waals surface area contributed by atoms with Gasteiger partial charge in [0.05, 0.1) is 11.9 Å². The topological polar surface area (TPSA) is 55.1 Å². The molecule has 0 aliphatic carbocycles. The summed E-state index contributed by atoms with van der Waals surface area (Å²) in [5, 5.41) is 13.0. The zero-order valence-corrected chi connectivity index (χ0v) is 10.6. The van der Waals surface area contributed by atoms with Crippen LogP contribution in [0.1, 0.15) is 23.2 Å². The molecule has 0 radical (unpaired) electrons. The van der Waals surface area contributed by atoms with Gasteiger partial charge in [-0.05, 0) is 43.5 Å². The fraction of sp³-hybridized carbons (Fsp3) is 0.286. The summed E-state index contributed by atoms with van der Waals surface area (Å²) in [6.45, 7) is 4.00. The molecule has 1 N–H and O–H groups in total. The van der Waals surface area contributed by atoms with E-state index in [1.807, 2.05) is 36.7 Å². The first kappa shape index (κ1) is 12.4. The van der Waals surface area contributed by atoms with Crippen molar-refractivity contribution in [2.75, 3.05) is 0 Å². The molecule has 0 saturated heterocycles. The van der Waals surface area contributed by atoms with Crippen LogP contribution in [0, 0.1) is 13.8 Å². The number of aryl methyl sites for hydroxylation is 2. The first-order valence-electron chi connectivity index (χ1n) is 5.90. The van der Waals surface area contributed by atoms with Crippen LogP contribution in [0.4, 0.5) is 0 Å². The van der Waals surface area contributed by atoms with Crippen molar-refractivity contribution in [2.45, 2.75) is 26.7 Å². The third-order valence-electron chi connectivity index (χ3n) is 2.97. The van der Waals surface area contributed by atoms with Gasteiger partial charge < -0.3 is 5.11 Å². The second kappa shape index (κ2) is 5.04. The third kappa shape index (κ3) is 2.59. The number of nitrogens with zero attached hydrogens (tertiary/aromatic N) is 2. The van der Waals surface area contributed by atoms with E-state index in [1.165, 1.54) is 5.56 Å². The minimum Gasteiger partial charge on any atom is -0.481 e. The fourth-order valence-electron chi connectivity index (χ4n) is 1.95. The first-order chi connectivity index (χ1) is 8.58. The Kier molecular flexibility index (Phi) is 3.46. The second-order valence-electron chi connectivity index (χ2n) is 4.40. The van der Waals surface area contributed by atoms with Crippen molar-refractivity contribution in [3.8, 4) is 5.69 Å². The minimum absolute atomic E-state index is 0.139. The summed E-state index contributed by atoms with van der Waals surface area (Å²) in [6, 6.07) is 8.07. The van der Waals surface area contributed by atoms with E-state index in [0.717, 1.165) is 16.9 Å². The SMILES string of the molecule is Cc1cccc(-n2ncc(CCC(=O)O)c2C)c1. The number of carboxylic acid groups (broad SMARTS) is 1. The van der Waals surface area contributed by atoms with Gasteiger partial charge in [-0.1, -0.05) is 12.1 Å². The molecule has 4 heteroatoms. The summed E-state index contributed by atoms with van der Waals surface area (Å²) in [6.07, 6.45) is 2.41. The van der Waals surface area contributed by atoms with Crippen molar-refractivity contribution in [1.82, 2.24) is 9.78 Å². The van der Waals surface area contributed by atoms with E-state index in [1.54, 1.807) is 6.20 Å². The van der Waals surface area contributed by atoms with Crippen molar-refractivity contribution >= 4 is 5.97 Å². The average molecular weight is 244 g/mol. The number of benzene rings is 1. The lowest BCUT2D eigenvalue weighted by Gasteiger charge is -2.06. The van der Waals surface area contributed by atoms with Gasteiger partial charge in [-0.3, -0.25) is 4.79 Å². The molecule has 0 spiro atoms. The van der Waals surface area contributed by atoms with Gasteiger partial charge in [0.1, 0.15) is 0 Å². The van der Waals surface area contributed by atoms with Gasteiger partial charge >= 0.3 is 5.97 Å². The van der Waals surface area contributed by atoms with E-state index in [-0.39, 0.29) is 6.42 Å². The minimum atomic E-state index is -0.780. The van der Waals surface area contributed by atoms with Gasteiger partial charge in [-0.2, -0.15) is 5.10 Å². The van der Waals surface area contributed by atoms with Crippen LogP contribution in [-0.4, -0.2) is 20.9 Å². The lowest BCUT2D eigenvalue weighted by molar-refractivity contribution is -0.136. The summed E-state index contributed by atoms with van der Waals surface area (Å²) in [5.74, 6) is -0.780. The molecular weight excluding hydrogens is 228 g/mol. The second-order valence-corrected chi connectivity index (χ2v) is 4.40. The maximum atomic E-state index is 10.6. The Hall–Kier alpha value is -2.10. The molecule has 18 heavy (non-hydrogen) atoms. The Morgan fingerprint density at radius 2 is 2.17 bits per heavy atom. The van der Waals surface area contributed by atoms with Gasteiger partial charge in [0.25, 0.3) is 0 Å². The summed E-state index contributed by atoms with van der Waals surface area (Å²) in [4.78, 5) is 10.6. The van der Waals surface area contributed by atoms with Crippen LogP contribution in [0.25, 0.3) is 5.69 Å². The number of aliphatic carboxylic acids is 1. The Bertz CT molecular complexity index is 573. The lowest BCUT2D eigenvalue weighted by Crippen LogP contribution is -2.01. The average Bonchev–Trinajstić information content (AvgIpc) is 2.68. The summed E-state index contributed by atoms with van der Waals surface area (Å²) in [7, 11) is 0. The molecule has 1 aromatic carbocycles. The summed E-state index contributed by atoms with van der Waals surface area (Å²) >= 11 is 0. The molecule has 94 valence electrons. The maximum Gasteiger partial charge on any atom is 0.303 e. The van der Waals surface area contributed by atoms with Crippen molar-refractivity contribution < 1.29 is 9.90 Å². The van der Waals surface area contributed by atoms with E-state index in [2.05, 4.69) is 11.2 Å². The van der Waals surface area contributed by atoms with Gasteiger partial charge in [0, 0.05) is 12.1 Å². The van der Waals surface area contributed by atoms with Crippen LogP contribution in [-0.2, 0) is 11.2 Å². The van der Waals surface area contributed by atoms with Crippen molar-refractivity contribution in [1.29, 1.82) is 0 Å². The number of hydrogen-bond donors (Lipinski definition) is 1. The van der Waals surface area contributed by atoms with Gasteiger partial charge in [0.15, 0.2) is 0 Å². The quantitative estimate of drug-likeness (QED) is 0.899. The zero-order valence-electron chi connectivity index (χ0n) is 10.6. The Balaban J connectivity index is 2.28. The van der Waals surface area contributed by atoms with Crippen LogP contribution < -0.4 is 0 Å². The highest BCUT2D eigenvalue weighted by Crippen LogP contribution is 2.16. The molecule has 0 fully saturated rings. The molecule has 0 atom stereocenters. The van der Waals surface area contributed by atoms with E-state index in [4.69, 9.17) is 5.11 Å². The molecule has 0 amide bonds. The highest BCUT2D eigenvalue weighted by molar-refractivity contribution is 5.67. The standard InChI is InChI=1S/C14H16N2O2/c1-10-4-3-5-13(8-10)16-11(2)12(9-15-16)6-7-14(17)18/h3-5,8-9H,6-7H2,1-2H3,(H,17,18). The lowest BCUT2D eigenvalue weighted by atomic mass is 10.1. The zero-order chi connectivity index (χ0) is 13.1. The molecule has 1 heterocycles. The van der Waals surface area contributed by atoms with E-state index >= 15 is 0 Å². The number of hydrogen-bond acceptors (Lipinski definition) is 2. The number of aromatic nitrogens is 2. The van der Waals surface area contributed by atoms with Crippen LogP contribution in [0.5, 0.6) is 0 Å². The van der Waals surface area contributed by atoms with Crippen molar-refractivity contribution in [3.05, 3.63) is 47.3 Å². The summed E-state index contributed by atoms with van der Waals surface area (Å²) < 4.78 is 1.85. The van der Waals surface area contributed by atoms with Gasteiger partial charge in [-0.15, -0.1) is 0 Å². The largest absolute Gasteiger partial charge is 0.481 e. The Labute approximate surface area is 106 Å². The normalized spacial score (nSPS) is 10.6. The maximum absolute atomic E-state index is 10.6. The molecule has 2 rings (SSSR count). The highest BCUT2D eigenvalue weighted by atomic mass is 16.4. The fourth-order valence-corrected chi connectivity index (χ4v) is 1.95. The van der Waals surface area contributed by atoms with Crippen LogP contribution in [0.2, 0.25) is 0 Å². The van der Waals surface area contributed by atoms with Gasteiger partial charge in [-0.25, -0.2) is 4.68 Å². The molecule has 2 aromatic rings. The summed E-state index contributed by atoms with van der Waals surface area (Å²) in [5.41, 5.74) is 4.17. The Morgan fingerprint density at radius 1 is 1.39 bits per heavy atom. The van der Waals surface area contributed by atoms with E-state index < -0.39 is 5.97 Å². The molecule has 4 nitrogen and oxygen atoms in total. The van der Waals surface area contributed by atoms with Crippen LogP contribution in [0.3, 0.4) is 0 Å². The highest BCUT2D eigenvalue weighted by Gasteiger charge is 2.09. The van der Waals surface area contributed by atoms with Crippen molar-refractivity contribution in [2.24, 2.45) is 0 Å². The Morgan fingerprint density at radius 3 is 2.83 bits per heavy atom. The number of carboxylic acids is 1. The predicted molar refractivity (Wildman–Crippen MR) is 69.0 cm³/mol. The van der Waals surface area contributed by atoms with E-state index in [0.29, 0.717) is 6.42 Å². The molecule has 0 bridgehead atoms. The first-order valence-corrected chi connectivity index (χ1v) is 5.90. The molecule has 0 saturated carbocycles. The predicted octanol–water partition coefficient (Wildman–Crippen LogP) is 2.51. The van der Waals surface area contributed by atoms with Crippen LogP contribution >= 0.6 is 0 Å². The molecular formula is C14H16N2O2. The molecule has 0 aliphatic rings. The molecule has 1 aromatic heterocycles. The number of carbonyl (C=O) groups is 1. The number of rotatable bonds is 4. The van der Waals surface area contributed by atoms with Crippen molar-refractivity contribution in [3.63, 3.8) is 0 Å². The van der Waals surface area contributed by atoms with Gasteiger partial charge in [0.2, 0.25) is 0 Å².